The number of aliphatic carboxylic acids is 1. The zero-order valence-corrected chi connectivity index (χ0v) is 16.2. The van der Waals surface area contributed by atoms with Crippen molar-refractivity contribution in [2.24, 2.45) is 0 Å². The van der Waals surface area contributed by atoms with Crippen LogP contribution in [-0.2, 0) is 16.1 Å². The third-order valence-corrected chi connectivity index (χ3v) is 5.04. The molecule has 4 aromatic rings. The van der Waals surface area contributed by atoms with Crippen molar-refractivity contribution in [2.45, 2.75) is 19.1 Å². The van der Waals surface area contributed by atoms with Gasteiger partial charge in [0.1, 0.15) is 6.61 Å². The van der Waals surface area contributed by atoms with E-state index in [0.717, 1.165) is 32.7 Å². The summed E-state index contributed by atoms with van der Waals surface area (Å²) in [7, 11) is 0. The van der Waals surface area contributed by atoms with Gasteiger partial charge in [-0.3, -0.25) is 4.79 Å². The molecular weight excluding hydrogens is 378 g/mol. The summed E-state index contributed by atoms with van der Waals surface area (Å²) in [6.45, 7) is 0.114. The molecule has 0 aliphatic carbocycles. The highest BCUT2D eigenvalue weighted by Gasteiger charge is 2.23. The van der Waals surface area contributed by atoms with Crippen LogP contribution in [-0.4, -0.2) is 17.2 Å². The lowest BCUT2D eigenvalue weighted by molar-refractivity contribution is -0.137. The minimum Gasteiger partial charge on any atom is -0.481 e. The van der Waals surface area contributed by atoms with E-state index in [2.05, 4.69) is 11.4 Å². The van der Waals surface area contributed by atoms with E-state index < -0.39 is 18.1 Å². The first-order valence-electron chi connectivity index (χ1n) is 9.71. The van der Waals surface area contributed by atoms with Crippen molar-refractivity contribution in [2.75, 3.05) is 0 Å². The summed E-state index contributed by atoms with van der Waals surface area (Å²) in [6, 6.07) is 26.2. The van der Waals surface area contributed by atoms with Gasteiger partial charge in [0.15, 0.2) is 0 Å². The number of rotatable bonds is 6. The average molecular weight is 399 g/mol. The highest BCUT2D eigenvalue weighted by Crippen LogP contribution is 2.34. The van der Waals surface area contributed by atoms with Gasteiger partial charge in [0.25, 0.3) is 0 Å². The number of carbonyl (C=O) groups excluding carboxylic acids is 1. The molecule has 1 atom stereocenters. The van der Waals surface area contributed by atoms with Gasteiger partial charge in [-0.1, -0.05) is 78.9 Å². The van der Waals surface area contributed by atoms with Gasteiger partial charge in [0.2, 0.25) is 0 Å². The average Bonchev–Trinajstić information content (AvgIpc) is 2.76. The molecule has 1 amide bonds. The number of amides is 1. The Morgan fingerprint density at radius 2 is 1.40 bits per heavy atom. The molecule has 0 aromatic heterocycles. The molecule has 4 aromatic carbocycles. The summed E-state index contributed by atoms with van der Waals surface area (Å²) in [6.07, 6.45) is -0.902. The summed E-state index contributed by atoms with van der Waals surface area (Å²) < 4.78 is 5.34. The first kappa shape index (κ1) is 19.5. The lowest BCUT2D eigenvalue weighted by Crippen LogP contribution is -2.31. The number of carbonyl (C=O) groups is 2. The molecule has 0 saturated heterocycles. The van der Waals surface area contributed by atoms with Gasteiger partial charge >= 0.3 is 12.1 Å². The van der Waals surface area contributed by atoms with Gasteiger partial charge in [-0.25, -0.2) is 4.79 Å². The molecule has 0 saturated carbocycles. The van der Waals surface area contributed by atoms with E-state index in [1.165, 1.54) is 0 Å². The molecule has 0 unspecified atom stereocenters. The Hall–Kier alpha value is -3.86. The molecular formula is C25H21NO4. The predicted octanol–water partition coefficient (Wildman–Crippen LogP) is 5.44. The van der Waals surface area contributed by atoms with E-state index >= 15 is 0 Å². The highest BCUT2D eigenvalue weighted by atomic mass is 16.5. The fourth-order valence-corrected chi connectivity index (χ4v) is 3.73. The highest BCUT2D eigenvalue weighted by molar-refractivity contribution is 6.03. The zero-order chi connectivity index (χ0) is 20.9. The van der Waals surface area contributed by atoms with Gasteiger partial charge in [0, 0.05) is 0 Å². The molecule has 5 nitrogen and oxygen atoms in total. The summed E-state index contributed by atoms with van der Waals surface area (Å²) in [5.74, 6) is -1.000. The van der Waals surface area contributed by atoms with E-state index in [1.807, 2.05) is 78.9 Å². The Morgan fingerprint density at radius 3 is 2.00 bits per heavy atom. The largest absolute Gasteiger partial charge is 0.481 e. The zero-order valence-electron chi connectivity index (χ0n) is 16.2. The van der Waals surface area contributed by atoms with E-state index in [9.17, 15) is 14.7 Å². The maximum absolute atomic E-state index is 12.5. The van der Waals surface area contributed by atoms with Crippen molar-refractivity contribution in [3.8, 4) is 0 Å². The minimum atomic E-state index is -1.000. The SMILES string of the molecule is O=C(O)C[C@H](NC(=O)OCc1ccccc1)c1c2ccccc2cc2ccccc12. The van der Waals surface area contributed by atoms with E-state index in [0.29, 0.717) is 0 Å². The standard InChI is InChI=1S/C25H21NO4/c27-23(28)15-22(26-25(29)30-16-17-8-2-1-3-9-17)24-20-12-6-4-10-18(20)14-19-11-5-7-13-21(19)24/h1-14,22H,15-16H2,(H,26,29)(H,27,28)/t22-/m0/s1. The molecule has 30 heavy (non-hydrogen) atoms. The number of alkyl carbamates (subject to hydrolysis) is 1. The lowest BCUT2D eigenvalue weighted by Gasteiger charge is -2.21. The molecule has 0 aliphatic heterocycles. The van der Waals surface area contributed by atoms with Crippen molar-refractivity contribution in [1.82, 2.24) is 5.32 Å². The molecule has 0 radical (unpaired) electrons. The smallest absolute Gasteiger partial charge is 0.407 e. The fourth-order valence-electron chi connectivity index (χ4n) is 3.73. The van der Waals surface area contributed by atoms with Crippen molar-refractivity contribution >= 4 is 33.6 Å². The predicted molar refractivity (Wildman–Crippen MR) is 116 cm³/mol. The second-order valence-corrected chi connectivity index (χ2v) is 7.09. The van der Waals surface area contributed by atoms with Crippen LogP contribution in [0.4, 0.5) is 4.79 Å². The molecule has 5 heteroatoms. The van der Waals surface area contributed by atoms with Crippen molar-refractivity contribution in [3.63, 3.8) is 0 Å². The Labute approximate surface area is 173 Å². The molecule has 0 bridgehead atoms. The van der Waals surface area contributed by atoms with Crippen LogP contribution < -0.4 is 5.32 Å². The fraction of sp³-hybridized carbons (Fsp3) is 0.120. The van der Waals surface area contributed by atoms with Gasteiger partial charge in [-0.15, -0.1) is 0 Å². The van der Waals surface area contributed by atoms with Crippen molar-refractivity contribution < 1.29 is 19.4 Å². The number of benzene rings is 4. The van der Waals surface area contributed by atoms with E-state index in [-0.39, 0.29) is 13.0 Å². The maximum atomic E-state index is 12.5. The molecule has 2 N–H and O–H groups in total. The van der Waals surface area contributed by atoms with Gasteiger partial charge in [-0.05, 0) is 38.7 Å². The topological polar surface area (TPSA) is 75.6 Å². The summed E-state index contributed by atoms with van der Waals surface area (Å²) >= 11 is 0. The molecule has 0 aliphatic rings. The van der Waals surface area contributed by atoms with Crippen LogP contribution in [0.3, 0.4) is 0 Å². The number of hydrogen-bond donors (Lipinski definition) is 2. The van der Waals surface area contributed by atoms with Crippen LogP contribution in [0.1, 0.15) is 23.6 Å². The summed E-state index contributed by atoms with van der Waals surface area (Å²) in [5.41, 5.74) is 1.64. The van der Waals surface area contributed by atoms with Crippen LogP contribution in [0, 0.1) is 0 Å². The first-order valence-corrected chi connectivity index (χ1v) is 9.71. The Kier molecular flexibility index (Phi) is 5.61. The monoisotopic (exact) mass is 399 g/mol. The Bertz CT molecular complexity index is 1150. The van der Waals surface area contributed by atoms with Gasteiger partial charge in [-0.2, -0.15) is 0 Å². The first-order chi connectivity index (χ1) is 14.6. The van der Waals surface area contributed by atoms with Crippen molar-refractivity contribution in [1.29, 1.82) is 0 Å². The molecule has 4 rings (SSSR count). The third kappa shape index (κ3) is 4.25. The quantitative estimate of drug-likeness (QED) is 0.424. The number of ether oxygens (including phenoxy) is 1. The van der Waals surface area contributed by atoms with E-state index in [4.69, 9.17) is 4.74 Å². The third-order valence-electron chi connectivity index (χ3n) is 5.04. The number of fused-ring (bicyclic) bond motifs is 2. The number of hydrogen-bond acceptors (Lipinski definition) is 3. The van der Waals surface area contributed by atoms with Gasteiger partial charge < -0.3 is 15.2 Å². The molecule has 0 heterocycles. The number of nitrogens with one attached hydrogen (secondary N) is 1. The normalized spacial score (nSPS) is 11.9. The second-order valence-electron chi connectivity index (χ2n) is 7.09. The van der Waals surface area contributed by atoms with E-state index in [1.54, 1.807) is 0 Å². The van der Waals surface area contributed by atoms with Crippen molar-refractivity contribution in [3.05, 3.63) is 96.1 Å². The number of carboxylic acids is 1. The second kappa shape index (κ2) is 8.66. The van der Waals surface area contributed by atoms with Gasteiger partial charge in [0.05, 0.1) is 12.5 Å². The minimum absolute atomic E-state index is 0.114. The van der Waals surface area contributed by atoms with Crippen LogP contribution >= 0.6 is 0 Å². The molecule has 150 valence electrons. The van der Waals surface area contributed by atoms with Crippen LogP contribution in [0.15, 0.2) is 84.9 Å². The molecule has 0 spiro atoms. The van der Waals surface area contributed by atoms with Crippen LogP contribution in [0.25, 0.3) is 21.5 Å². The Balaban J connectivity index is 1.70. The maximum Gasteiger partial charge on any atom is 0.407 e. The molecule has 0 fully saturated rings. The summed E-state index contributed by atoms with van der Waals surface area (Å²) in [4.78, 5) is 24.2. The summed E-state index contributed by atoms with van der Waals surface area (Å²) in [5, 5.41) is 16.1. The van der Waals surface area contributed by atoms with Crippen LogP contribution in [0.2, 0.25) is 0 Å². The van der Waals surface area contributed by atoms with Crippen LogP contribution in [0.5, 0.6) is 0 Å². The lowest BCUT2D eigenvalue weighted by atomic mass is 9.91. The number of carboxylic acid groups (broad SMARTS) is 1. The Morgan fingerprint density at radius 1 is 0.833 bits per heavy atom.